The smallest absolute Gasteiger partial charge is 0.191 e. The van der Waals surface area contributed by atoms with Crippen LogP contribution < -0.4 is 10.6 Å². The fourth-order valence-electron chi connectivity index (χ4n) is 4.96. The molecular weight excluding hydrogens is 312 g/mol. The Bertz CT molecular complexity index is 482. The van der Waals surface area contributed by atoms with Crippen LogP contribution in [0.3, 0.4) is 0 Å². The standard InChI is InChI=1S/C20H38N4O/c1-6-21-18(22-14-19(2,3)24-11-8-7-9-12-24)23-16-15-10-13-25-17(15)20(16,4)5/h15-17H,6-14H2,1-5H3,(H2,21,22,23). The molecule has 2 aliphatic heterocycles. The minimum absolute atomic E-state index is 0.122. The van der Waals surface area contributed by atoms with Crippen LogP contribution in [-0.4, -0.2) is 61.3 Å². The second kappa shape index (κ2) is 7.43. The molecule has 5 heteroatoms. The summed E-state index contributed by atoms with van der Waals surface area (Å²) < 4.78 is 5.93. The lowest BCUT2D eigenvalue weighted by Gasteiger charge is -2.55. The molecule has 3 aliphatic rings. The van der Waals surface area contributed by atoms with Crippen LogP contribution in [0.25, 0.3) is 0 Å². The van der Waals surface area contributed by atoms with Crippen molar-refractivity contribution >= 4 is 5.96 Å². The molecule has 5 nitrogen and oxygen atoms in total. The van der Waals surface area contributed by atoms with Crippen LogP contribution in [0.1, 0.15) is 60.3 Å². The van der Waals surface area contributed by atoms with E-state index in [9.17, 15) is 0 Å². The molecule has 25 heavy (non-hydrogen) atoms. The highest BCUT2D eigenvalue weighted by Gasteiger charge is 2.59. The Balaban J connectivity index is 1.63. The van der Waals surface area contributed by atoms with Gasteiger partial charge in [0, 0.05) is 36.1 Å². The van der Waals surface area contributed by atoms with Gasteiger partial charge in [-0.3, -0.25) is 9.89 Å². The number of piperidine rings is 1. The molecule has 0 aromatic rings. The van der Waals surface area contributed by atoms with Gasteiger partial charge in [-0.15, -0.1) is 0 Å². The molecule has 0 amide bonds. The van der Waals surface area contributed by atoms with Crippen molar-refractivity contribution in [3.05, 3.63) is 0 Å². The Morgan fingerprint density at radius 2 is 1.96 bits per heavy atom. The molecule has 2 heterocycles. The zero-order chi connectivity index (χ0) is 18.1. The number of nitrogens with one attached hydrogen (secondary N) is 2. The monoisotopic (exact) mass is 350 g/mol. The van der Waals surface area contributed by atoms with Crippen molar-refractivity contribution in [2.24, 2.45) is 16.3 Å². The van der Waals surface area contributed by atoms with Crippen LogP contribution in [0, 0.1) is 11.3 Å². The highest BCUT2D eigenvalue weighted by molar-refractivity contribution is 5.80. The molecule has 3 rings (SSSR count). The van der Waals surface area contributed by atoms with Gasteiger partial charge < -0.3 is 15.4 Å². The van der Waals surface area contributed by atoms with E-state index in [-0.39, 0.29) is 11.0 Å². The molecule has 3 atom stereocenters. The fraction of sp³-hybridized carbons (Fsp3) is 0.950. The molecule has 144 valence electrons. The molecule has 1 aliphatic carbocycles. The van der Waals surface area contributed by atoms with Crippen molar-refractivity contribution in [3.8, 4) is 0 Å². The first-order chi connectivity index (χ1) is 11.9. The zero-order valence-corrected chi connectivity index (χ0v) is 16.9. The van der Waals surface area contributed by atoms with Gasteiger partial charge in [0.25, 0.3) is 0 Å². The molecule has 0 aromatic carbocycles. The molecule has 1 saturated carbocycles. The van der Waals surface area contributed by atoms with Crippen LogP contribution in [0.15, 0.2) is 4.99 Å². The first-order valence-electron chi connectivity index (χ1n) is 10.3. The van der Waals surface area contributed by atoms with E-state index >= 15 is 0 Å². The number of ether oxygens (including phenoxy) is 1. The molecule has 2 N–H and O–H groups in total. The van der Waals surface area contributed by atoms with E-state index in [4.69, 9.17) is 9.73 Å². The first-order valence-corrected chi connectivity index (χ1v) is 10.3. The lowest BCUT2D eigenvalue weighted by Crippen LogP contribution is -2.68. The second-order valence-corrected chi connectivity index (χ2v) is 9.24. The van der Waals surface area contributed by atoms with E-state index in [1.807, 2.05) is 0 Å². The van der Waals surface area contributed by atoms with Gasteiger partial charge in [-0.1, -0.05) is 20.3 Å². The van der Waals surface area contributed by atoms with Crippen LogP contribution in [0.2, 0.25) is 0 Å². The predicted octanol–water partition coefficient (Wildman–Crippen LogP) is 2.62. The van der Waals surface area contributed by atoms with E-state index in [2.05, 4.69) is 50.2 Å². The summed E-state index contributed by atoms with van der Waals surface area (Å²) in [4.78, 5) is 7.58. The summed E-state index contributed by atoms with van der Waals surface area (Å²) in [6, 6.07) is 0.455. The first kappa shape index (κ1) is 19.0. The molecule has 0 aromatic heterocycles. The minimum atomic E-state index is 0.122. The maximum atomic E-state index is 5.93. The van der Waals surface area contributed by atoms with Gasteiger partial charge >= 0.3 is 0 Å². The van der Waals surface area contributed by atoms with Crippen LogP contribution in [0.5, 0.6) is 0 Å². The normalized spacial score (nSPS) is 32.8. The molecule has 0 radical (unpaired) electrons. The Kier molecular flexibility index (Phi) is 5.64. The van der Waals surface area contributed by atoms with Crippen LogP contribution in [-0.2, 0) is 4.74 Å². The van der Waals surface area contributed by atoms with E-state index in [1.54, 1.807) is 0 Å². The number of likely N-dealkylation sites (tertiary alicyclic amines) is 1. The lowest BCUT2D eigenvalue weighted by molar-refractivity contribution is -0.106. The topological polar surface area (TPSA) is 48.9 Å². The van der Waals surface area contributed by atoms with Crippen molar-refractivity contribution in [1.82, 2.24) is 15.5 Å². The summed E-state index contributed by atoms with van der Waals surface area (Å²) in [6.07, 6.45) is 5.61. The quantitative estimate of drug-likeness (QED) is 0.591. The Labute approximate surface area is 154 Å². The average Bonchev–Trinajstić information content (AvgIpc) is 3.05. The van der Waals surface area contributed by atoms with Crippen molar-refractivity contribution in [2.75, 3.05) is 32.8 Å². The van der Waals surface area contributed by atoms with Gasteiger partial charge in [0.2, 0.25) is 0 Å². The average molecular weight is 351 g/mol. The second-order valence-electron chi connectivity index (χ2n) is 9.24. The van der Waals surface area contributed by atoms with E-state index in [1.165, 1.54) is 38.8 Å². The van der Waals surface area contributed by atoms with Crippen molar-refractivity contribution in [2.45, 2.75) is 78.0 Å². The fourth-order valence-corrected chi connectivity index (χ4v) is 4.96. The Hall–Kier alpha value is -0.810. The van der Waals surface area contributed by atoms with Gasteiger partial charge in [-0.05, 0) is 53.1 Å². The number of guanidine groups is 1. The van der Waals surface area contributed by atoms with E-state index < -0.39 is 0 Å². The number of rotatable bonds is 5. The summed E-state index contributed by atoms with van der Waals surface area (Å²) in [5, 5.41) is 7.19. The number of fused-ring (bicyclic) bond motifs is 1. The minimum Gasteiger partial charge on any atom is -0.377 e. The third kappa shape index (κ3) is 3.82. The molecule has 0 bridgehead atoms. The summed E-state index contributed by atoms with van der Waals surface area (Å²) in [6.45, 7) is 16.5. The Morgan fingerprint density at radius 3 is 2.64 bits per heavy atom. The van der Waals surface area contributed by atoms with Gasteiger partial charge in [0.1, 0.15) is 0 Å². The Morgan fingerprint density at radius 1 is 1.24 bits per heavy atom. The predicted molar refractivity (Wildman–Crippen MR) is 104 cm³/mol. The highest BCUT2D eigenvalue weighted by atomic mass is 16.5. The highest BCUT2D eigenvalue weighted by Crippen LogP contribution is 2.52. The van der Waals surface area contributed by atoms with Gasteiger partial charge in [0.05, 0.1) is 12.6 Å². The third-order valence-corrected chi connectivity index (χ3v) is 6.57. The number of nitrogens with zero attached hydrogens (tertiary/aromatic N) is 2. The van der Waals surface area contributed by atoms with E-state index in [0.29, 0.717) is 18.1 Å². The summed E-state index contributed by atoms with van der Waals surface area (Å²) in [7, 11) is 0. The van der Waals surface area contributed by atoms with Crippen LogP contribution >= 0.6 is 0 Å². The molecular formula is C20H38N4O. The zero-order valence-electron chi connectivity index (χ0n) is 16.9. The number of hydrogen-bond acceptors (Lipinski definition) is 3. The lowest BCUT2D eigenvalue weighted by atomic mass is 9.57. The number of aliphatic imine (C=N–C) groups is 1. The summed E-state index contributed by atoms with van der Waals surface area (Å²) in [5.74, 6) is 1.60. The molecule has 3 fully saturated rings. The summed E-state index contributed by atoms with van der Waals surface area (Å²) >= 11 is 0. The SMILES string of the molecule is CCNC(=NCC(C)(C)N1CCCCC1)NC1C2CCOC2C1(C)C. The maximum Gasteiger partial charge on any atom is 0.191 e. The van der Waals surface area contributed by atoms with Crippen molar-refractivity contribution < 1.29 is 4.74 Å². The largest absolute Gasteiger partial charge is 0.377 e. The summed E-state index contributed by atoms with van der Waals surface area (Å²) in [5.41, 5.74) is 0.302. The van der Waals surface area contributed by atoms with Crippen molar-refractivity contribution in [3.63, 3.8) is 0 Å². The molecule has 2 saturated heterocycles. The third-order valence-electron chi connectivity index (χ3n) is 6.57. The van der Waals surface area contributed by atoms with Gasteiger partial charge in [0.15, 0.2) is 5.96 Å². The van der Waals surface area contributed by atoms with Gasteiger partial charge in [-0.2, -0.15) is 0 Å². The number of hydrogen-bond donors (Lipinski definition) is 2. The van der Waals surface area contributed by atoms with Crippen LogP contribution in [0.4, 0.5) is 0 Å². The molecule has 0 spiro atoms. The maximum absolute atomic E-state index is 5.93. The molecule has 3 unspecified atom stereocenters. The van der Waals surface area contributed by atoms with Crippen molar-refractivity contribution in [1.29, 1.82) is 0 Å². The van der Waals surface area contributed by atoms with Gasteiger partial charge in [-0.25, -0.2) is 0 Å². The van der Waals surface area contributed by atoms with E-state index in [0.717, 1.165) is 25.7 Å².